The Morgan fingerprint density at radius 3 is 2.50 bits per heavy atom. The van der Waals surface area contributed by atoms with Gasteiger partial charge in [-0.15, -0.1) is 0 Å². The average Bonchev–Trinajstić information content (AvgIpc) is 3.32. The number of carbonyl (C=O) groups is 1. The lowest BCUT2D eigenvalue weighted by atomic mass is 10.2. The molecule has 1 N–H and O–H groups in total. The molecule has 1 heterocycles. The second kappa shape index (κ2) is 5.53. The Labute approximate surface area is 131 Å². The third-order valence-electron chi connectivity index (χ3n) is 3.53. The summed E-state index contributed by atoms with van der Waals surface area (Å²) >= 11 is 6.16. The van der Waals surface area contributed by atoms with Gasteiger partial charge in [0.2, 0.25) is 0 Å². The third-order valence-corrected chi connectivity index (χ3v) is 3.88. The molecular formula is C15H13ClFN3O2. The van der Waals surface area contributed by atoms with Crippen LogP contribution >= 0.6 is 11.6 Å². The zero-order chi connectivity index (χ0) is 15.9. The molecule has 1 aliphatic rings. The molecule has 0 unspecified atom stereocenters. The van der Waals surface area contributed by atoms with Gasteiger partial charge in [0.25, 0.3) is 0 Å². The van der Waals surface area contributed by atoms with Crippen molar-refractivity contribution in [3.05, 3.63) is 46.6 Å². The van der Waals surface area contributed by atoms with Gasteiger partial charge < -0.3 is 10.0 Å². The summed E-state index contributed by atoms with van der Waals surface area (Å²) in [5.41, 5.74) is 0.447. The lowest BCUT2D eigenvalue weighted by molar-refractivity contribution is 0.0690. The van der Waals surface area contributed by atoms with Crippen LogP contribution in [-0.4, -0.2) is 28.1 Å². The summed E-state index contributed by atoms with van der Waals surface area (Å²) in [6, 6.07) is 5.79. The van der Waals surface area contributed by atoms with Crippen LogP contribution in [0.2, 0.25) is 5.02 Å². The first-order valence-corrected chi connectivity index (χ1v) is 7.15. The van der Waals surface area contributed by atoms with E-state index in [4.69, 9.17) is 11.6 Å². The van der Waals surface area contributed by atoms with Gasteiger partial charge in [-0.05, 0) is 37.1 Å². The molecule has 0 spiro atoms. The van der Waals surface area contributed by atoms with Crippen molar-refractivity contribution in [1.29, 1.82) is 0 Å². The van der Waals surface area contributed by atoms with Crippen LogP contribution in [0, 0.1) is 5.82 Å². The van der Waals surface area contributed by atoms with Crippen molar-refractivity contribution in [2.45, 2.75) is 18.8 Å². The summed E-state index contributed by atoms with van der Waals surface area (Å²) < 4.78 is 13.0. The lowest BCUT2D eigenvalue weighted by Gasteiger charge is -2.20. The van der Waals surface area contributed by atoms with E-state index >= 15 is 0 Å². The predicted octanol–water partition coefficient (Wildman–Crippen LogP) is 3.61. The summed E-state index contributed by atoms with van der Waals surface area (Å²) in [7, 11) is 1.70. The Balaban J connectivity index is 2.08. The summed E-state index contributed by atoms with van der Waals surface area (Å²) in [6.45, 7) is 0. The largest absolute Gasteiger partial charge is 0.476 e. The maximum Gasteiger partial charge on any atom is 0.356 e. The van der Waals surface area contributed by atoms with Crippen molar-refractivity contribution in [1.82, 2.24) is 9.97 Å². The van der Waals surface area contributed by atoms with Gasteiger partial charge in [0, 0.05) is 18.7 Å². The Bertz CT molecular complexity index is 732. The molecule has 0 amide bonds. The van der Waals surface area contributed by atoms with Gasteiger partial charge in [0.15, 0.2) is 11.5 Å². The van der Waals surface area contributed by atoms with Crippen molar-refractivity contribution in [3.63, 3.8) is 0 Å². The molecule has 5 nitrogen and oxygen atoms in total. The number of anilines is 2. The number of benzene rings is 1. The number of hydrogen-bond acceptors (Lipinski definition) is 4. The molecule has 0 radical (unpaired) electrons. The summed E-state index contributed by atoms with van der Waals surface area (Å²) in [4.78, 5) is 21.4. The standard InChI is InChI=1S/C15H13ClFN3O2/c1-20(10-6-4-9(17)5-7-10)14-11(16)12(15(21)22)18-13(19-14)8-2-3-8/h4-8H,2-3H2,1H3,(H,21,22). The average molecular weight is 322 g/mol. The molecule has 1 aromatic heterocycles. The molecule has 1 saturated carbocycles. The summed E-state index contributed by atoms with van der Waals surface area (Å²) in [5, 5.41) is 9.24. The van der Waals surface area contributed by atoms with Crippen molar-refractivity contribution in [2.75, 3.05) is 11.9 Å². The number of hydrogen-bond donors (Lipinski definition) is 1. The van der Waals surface area contributed by atoms with E-state index in [1.807, 2.05) is 0 Å². The number of carboxylic acid groups (broad SMARTS) is 1. The second-order valence-electron chi connectivity index (χ2n) is 5.18. The lowest BCUT2D eigenvalue weighted by Crippen LogP contribution is -2.16. The van der Waals surface area contributed by atoms with Crippen molar-refractivity contribution < 1.29 is 14.3 Å². The first kappa shape index (κ1) is 14.7. The van der Waals surface area contributed by atoms with E-state index in [9.17, 15) is 14.3 Å². The van der Waals surface area contributed by atoms with Crippen LogP contribution in [0.1, 0.15) is 35.1 Å². The third kappa shape index (κ3) is 2.74. The Kier molecular flexibility index (Phi) is 3.70. The van der Waals surface area contributed by atoms with Crippen LogP contribution < -0.4 is 4.90 Å². The number of aromatic nitrogens is 2. The molecule has 3 rings (SSSR count). The molecule has 1 fully saturated rings. The van der Waals surface area contributed by atoms with E-state index in [1.54, 1.807) is 24.1 Å². The Morgan fingerprint density at radius 2 is 1.95 bits per heavy atom. The van der Waals surface area contributed by atoms with Crippen LogP contribution in [0.3, 0.4) is 0 Å². The highest BCUT2D eigenvalue weighted by molar-refractivity contribution is 6.35. The smallest absolute Gasteiger partial charge is 0.356 e. The van der Waals surface area contributed by atoms with Crippen LogP contribution in [0.15, 0.2) is 24.3 Å². The van der Waals surface area contributed by atoms with Gasteiger partial charge in [-0.2, -0.15) is 0 Å². The zero-order valence-electron chi connectivity index (χ0n) is 11.8. The molecule has 2 aromatic rings. The molecule has 0 bridgehead atoms. The van der Waals surface area contributed by atoms with Crippen LogP contribution in [0.25, 0.3) is 0 Å². The Morgan fingerprint density at radius 1 is 1.32 bits per heavy atom. The van der Waals surface area contributed by atoms with E-state index in [2.05, 4.69) is 9.97 Å². The van der Waals surface area contributed by atoms with Crippen LogP contribution in [0.5, 0.6) is 0 Å². The SMILES string of the molecule is CN(c1ccc(F)cc1)c1nc(C2CC2)nc(C(=O)O)c1Cl. The highest BCUT2D eigenvalue weighted by Crippen LogP contribution is 2.40. The number of rotatable bonds is 4. The number of nitrogens with zero attached hydrogens (tertiary/aromatic N) is 3. The molecular weight excluding hydrogens is 309 g/mol. The monoisotopic (exact) mass is 321 g/mol. The molecule has 1 aromatic carbocycles. The van der Waals surface area contributed by atoms with Gasteiger partial charge >= 0.3 is 5.97 Å². The first-order valence-electron chi connectivity index (χ1n) is 6.77. The molecule has 0 saturated heterocycles. The fourth-order valence-corrected chi connectivity index (χ4v) is 2.42. The van der Waals surface area contributed by atoms with Crippen LogP contribution in [-0.2, 0) is 0 Å². The first-order chi connectivity index (χ1) is 10.5. The van der Waals surface area contributed by atoms with Gasteiger partial charge in [0.05, 0.1) is 0 Å². The van der Waals surface area contributed by atoms with Crippen molar-refractivity contribution >= 4 is 29.1 Å². The van der Waals surface area contributed by atoms with E-state index in [-0.39, 0.29) is 22.5 Å². The van der Waals surface area contributed by atoms with Crippen LogP contribution in [0.4, 0.5) is 15.9 Å². The topological polar surface area (TPSA) is 66.3 Å². The van der Waals surface area contributed by atoms with Gasteiger partial charge in [-0.3, -0.25) is 0 Å². The van der Waals surface area contributed by atoms with E-state index < -0.39 is 5.97 Å². The van der Waals surface area contributed by atoms with E-state index in [0.717, 1.165) is 12.8 Å². The quantitative estimate of drug-likeness (QED) is 0.931. The molecule has 0 atom stereocenters. The second-order valence-corrected chi connectivity index (χ2v) is 5.56. The minimum absolute atomic E-state index is 0.0243. The van der Waals surface area contributed by atoms with Crippen molar-refractivity contribution in [2.24, 2.45) is 0 Å². The molecule has 22 heavy (non-hydrogen) atoms. The Hall–Kier alpha value is -2.21. The van der Waals surface area contributed by atoms with E-state index in [1.165, 1.54) is 12.1 Å². The minimum atomic E-state index is -1.19. The fourth-order valence-electron chi connectivity index (χ4n) is 2.13. The maximum atomic E-state index is 13.0. The van der Waals surface area contributed by atoms with E-state index in [0.29, 0.717) is 17.3 Å². The van der Waals surface area contributed by atoms with Gasteiger partial charge in [0.1, 0.15) is 16.7 Å². The zero-order valence-corrected chi connectivity index (χ0v) is 12.5. The van der Waals surface area contributed by atoms with Gasteiger partial charge in [-0.1, -0.05) is 11.6 Å². The minimum Gasteiger partial charge on any atom is -0.476 e. The van der Waals surface area contributed by atoms with Gasteiger partial charge in [-0.25, -0.2) is 19.2 Å². The van der Waals surface area contributed by atoms with Crippen molar-refractivity contribution in [3.8, 4) is 0 Å². The normalized spacial score (nSPS) is 14.0. The number of carboxylic acids is 1. The highest BCUT2D eigenvalue weighted by atomic mass is 35.5. The maximum absolute atomic E-state index is 13.0. The summed E-state index contributed by atoms with van der Waals surface area (Å²) in [6.07, 6.45) is 1.89. The summed E-state index contributed by atoms with van der Waals surface area (Å²) in [5.74, 6) is -0.553. The predicted molar refractivity (Wildman–Crippen MR) is 80.4 cm³/mol. The molecule has 1 aliphatic carbocycles. The molecule has 114 valence electrons. The fraction of sp³-hybridized carbons (Fsp3) is 0.267. The number of aromatic carboxylic acids is 1. The highest BCUT2D eigenvalue weighted by Gasteiger charge is 2.30. The molecule has 0 aliphatic heterocycles. The number of halogens is 2. The molecule has 7 heteroatoms.